The van der Waals surface area contributed by atoms with Crippen molar-refractivity contribution in [2.75, 3.05) is 12.4 Å². The lowest BCUT2D eigenvalue weighted by Crippen LogP contribution is -2.28. The lowest BCUT2D eigenvalue weighted by atomic mass is 10.1. The van der Waals surface area contributed by atoms with E-state index in [4.69, 9.17) is 5.73 Å². The second-order valence-corrected chi connectivity index (χ2v) is 4.17. The van der Waals surface area contributed by atoms with E-state index >= 15 is 0 Å². The summed E-state index contributed by atoms with van der Waals surface area (Å²) in [5.41, 5.74) is 7.51. The van der Waals surface area contributed by atoms with Gasteiger partial charge in [0.05, 0.1) is 0 Å². The summed E-state index contributed by atoms with van der Waals surface area (Å²) in [7, 11) is 1.68. The van der Waals surface area contributed by atoms with Crippen molar-refractivity contribution in [2.24, 2.45) is 10.7 Å². The van der Waals surface area contributed by atoms with E-state index in [1.165, 1.54) is 11.8 Å². The lowest BCUT2D eigenvalue weighted by molar-refractivity contribution is -0.115. The number of carbonyl (C=O) groups excluding carboxylic acids is 2. The third-order valence-electron chi connectivity index (χ3n) is 2.67. The molecule has 98 valence electrons. The monoisotopic (exact) mass is 258 g/mol. The summed E-state index contributed by atoms with van der Waals surface area (Å²) < 4.78 is 0. The van der Waals surface area contributed by atoms with Gasteiger partial charge in [0.25, 0.3) is 5.91 Å². The minimum absolute atomic E-state index is 0.127. The van der Waals surface area contributed by atoms with Crippen LogP contribution in [-0.2, 0) is 9.59 Å². The molecular formula is C13H14N4O2. The second-order valence-electron chi connectivity index (χ2n) is 4.17. The van der Waals surface area contributed by atoms with Crippen LogP contribution < -0.4 is 11.1 Å². The first-order valence-electron chi connectivity index (χ1n) is 5.69. The molecule has 0 atom stereocenters. The molecule has 0 spiro atoms. The molecule has 1 aromatic carbocycles. The SMILES string of the molecule is CC(=O)Nc1ccc(/C=C2/C(=O)N=C(N)N2C)cc1. The van der Waals surface area contributed by atoms with E-state index in [0.717, 1.165) is 5.56 Å². The van der Waals surface area contributed by atoms with E-state index in [2.05, 4.69) is 10.3 Å². The number of amides is 2. The number of hydrogen-bond donors (Lipinski definition) is 2. The van der Waals surface area contributed by atoms with Gasteiger partial charge in [-0.1, -0.05) is 12.1 Å². The number of hydrogen-bond acceptors (Lipinski definition) is 4. The Hall–Kier alpha value is -2.63. The van der Waals surface area contributed by atoms with Gasteiger partial charge in [0, 0.05) is 19.7 Å². The van der Waals surface area contributed by atoms with Crippen molar-refractivity contribution in [2.45, 2.75) is 6.92 Å². The quantitative estimate of drug-likeness (QED) is 0.767. The minimum atomic E-state index is -0.356. The number of likely N-dealkylation sites (N-methyl/N-ethyl adjacent to an activating group) is 1. The molecule has 6 nitrogen and oxygen atoms in total. The molecule has 0 bridgehead atoms. The molecular weight excluding hydrogens is 244 g/mol. The first-order chi connectivity index (χ1) is 8.97. The molecule has 0 fully saturated rings. The van der Waals surface area contributed by atoms with Crippen LogP contribution >= 0.6 is 0 Å². The molecule has 3 N–H and O–H groups in total. The van der Waals surface area contributed by atoms with Crippen LogP contribution in [0.2, 0.25) is 0 Å². The number of nitrogens with two attached hydrogens (primary N) is 1. The van der Waals surface area contributed by atoms with Gasteiger partial charge in [-0.05, 0) is 23.8 Å². The fourth-order valence-corrected chi connectivity index (χ4v) is 1.69. The zero-order valence-electron chi connectivity index (χ0n) is 10.7. The molecule has 2 amide bonds. The molecule has 1 aromatic rings. The summed E-state index contributed by atoms with van der Waals surface area (Å²) in [5, 5.41) is 2.67. The zero-order chi connectivity index (χ0) is 14.0. The van der Waals surface area contributed by atoms with E-state index in [1.54, 1.807) is 37.4 Å². The molecule has 0 aliphatic carbocycles. The number of nitrogens with zero attached hydrogens (tertiary/aromatic N) is 2. The summed E-state index contributed by atoms with van der Waals surface area (Å²) in [6, 6.07) is 7.12. The van der Waals surface area contributed by atoms with Crippen LogP contribution in [0.4, 0.5) is 5.69 Å². The Balaban J connectivity index is 2.20. The standard InChI is InChI=1S/C13H14N4O2/c1-8(18)15-10-5-3-9(4-6-10)7-11-12(19)16-13(14)17(11)2/h3-7H,1-2H3,(H,15,18)(H2,14,16,19)/b11-7-. The van der Waals surface area contributed by atoms with Crippen LogP contribution in [0.5, 0.6) is 0 Å². The summed E-state index contributed by atoms with van der Waals surface area (Å²) in [6.07, 6.45) is 1.70. The average molecular weight is 258 g/mol. The molecule has 6 heteroatoms. The Bertz CT molecular complexity index is 587. The molecule has 19 heavy (non-hydrogen) atoms. The Labute approximate surface area is 110 Å². The number of benzene rings is 1. The van der Waals surface area contributed by atoms with Gasteiger partial charge in [-0.15, -0.1) is 0 Å². The Kier molecular flexibility index (Phi) is 3.33. The van der Waals surface area contributed by atoms with E-state index in [1.807, 2.05) is 0 Å². The Morgan fingerprint density at radius 2 is 2.00 bits per heavy atom. The third-order valence-corrected chi connectivity index (χ3v) is 2.67. The van der Waals surface area contributed by atoms with Crippen molar-refractivity contribution in [3.8, 4) is 0 Å². The molecule has 1 aliphatic rings. The van der Waals surface area contributed by atoms with Gasteiger partial charge in [-0.25, -0.2) is 0 Å². The number of aliphatic imine (C=N–C) groups is 1. The maximum Gasteiger partial charge on any atom is 0.296 e. The van der Waals surface area contributed by atoms with E-state index in [-0.39, 0.29) is 17.8 Å². The summed E-state index contributed by atoms with van der Waals surface area (Å²) in [4.78, 5) is 27.7. The van der Waals surface area contributed by atoms with E-state index in [0.29, 0.717) is 11.4 Å². The van der Waals surface area contributed by atoms with Crippen molar-refractivity contribution in [3.63, 3.8) is 0 Å². The van der Waals surface area contributed by atoms with Crippen molar-refractivity contribution in [1.29, 1.82) is 0 Å². The number of nitrogens with one attached hydrogen (secondary N) is 1. The Morgan fingerprint density at radius 1 is 1.37 bits per heavy atom. The van der Waals surface area contributed by atoms with Gasteiger partial charge >= 0.3 is 0 Å². The van der Waals surface area contributed by atoms with Crippen LogP contribution in [-0.4, -0.2) is 29.7 Å². The van der Waals surface area contributed by atoms with Gasteiger partial charge in [0.1, 0.15) is 5.70 Å². The van der Waals surface area contributed by atoms with Gasteiger partial charge in [0.15, 0.2) is 0 Å². The number of carbonyl (C=O) groups is 2. The summed E-state index contributed by atoms with van der Waals surface area (Å²) >= 11 is 0. The van der Waals surface area contributed by atoms with Crippen molar-refractivity contribution in [1.82, 2.24) is 4.90 Å². The molecule has 0 radical (unpaired) electrons. The highest BCUT2D eigenvalue weighted by atomic mass is 16.2. The topological polar surface area (TPSA) is 87.8 Å². The lowest BCUT2D eigenvalue weighted by Gasteiger charge is -2.11. The second kappa shape index (κ2) is 4.93. The average Bonchev–Trinajstić information content (AvgIpc) is 2.58. The molecule has 1 aliphatic heterocycles. The molecule has 0 aromatic heterocycles. The summed E-state index contributed by atoms with van der Waals surface area (Å²) in [5.74, 6) is -0.296. The maximum atomic E-state index is 11.6. The van der Waals surface area contributed by atoms with Crippen LogP contribution in [0.3, 0.4) is 0 Å². The van der Waals surface area contributed by atoms with Gasteiger partial charge < -0.3 is 16.0 Å². The van der Waals surface area contributed by atoms with Crippen LogP contribution in [0.1, 0.15) is 12.5 Å². The number of rotatable bonds is 2. The van der Waals surface area contributed by atoms with Gasteiger partial charge in [0.2, 0.25) is 11.9 Å². The molecule has 0 saturated carbocycles. The van der Waals surface area contributed by atoms with Gasteiger partial charge in [-0.3, -0.25) is 9.59 Å². The van der Waals surface area contributed by atoms with Crippen molar-refractivity contribution >= 4 is 29.5 Å². The smallest absolute Gasteiger partial charge is 0.296 e. The molecule has 0 saturated heterocycles. The van der Waals surface area contributed by atoms with Crippen molar-refractivity contribution < 1.29 is 9.59 Å². The number of guanidine groups is 1. The highest BCUT2D eigenvalue weighted by molar-refractivity contribution is 6.12. The predicted octanol–water partition coefficient (Wildman–Crippen LogP) is 0.773. The third kappa shape index (κ3) is 2.79. The highest BCUT2D eigenvalue weighted by Crippen LogP contribution is 2.17. The largest absolute Gasteiger partial charge is 0.369 e. The Morgan fingerprint density at radius 3 is 2.47 bits per heavy atom. The fraction of sp³-hybridized carbons (Fsp3) is 0.154. The first-order valence-corrected chi connectivity index (χ1v) is 5.69. The minimum Gasteiger partial charge on any atom is -0.369 e. The van der Waals surface area contributed by atoms with E-state index < -0.39 is 0 Å². The summed E-state index contributed by atoms with van der Waals surface area (Å²) in [6.45, 7) is 1.45. The van der Waals surface area contributed by atoms with Crippen LogP contribution in [0.15, 0.2) is 35.0 Å². The van der Waals surface area contributed by atoms with Crippen molar-refractivity contribution in [3.05, 3.63) is 35.5 Å². The molecule has 0 unspecified atom stereocenters. The van der Waals surface area contributed by atoms with Crippen LogP contribution in [0.25, 0.3) is 6.08 Å². The van der Waals surface area contributed by atoms with Gasteiger partial charge in [-0.2, -0.15) is 4.99 Å². The predicted molar refractivity (Wildman–Crippen MR) is 73.1 cm³/mol. The fourth-order valence-electron chi connectivity index (χ4n) is 1.69. The van der Waals surface area contributed by atoms with Crippen LogP contribution in [0, 0.1) is 0 Å². The zero-order valence-corrected chi connectivity index (χ0v) is 10.7. The molecule has 1 heterocycles. The maximum absolute atomic E-state index is 11.6. The highest BCUT2D eigenvalue weighted by Gasteiger charge is 2.23. The van der Waals surface area contributed by atoms with E-state index in [9.17, 15) is 9.59 Å². The normalized spacial score (nSPS) is 16.7. The molecule has 2 rings (SSSR count). The number of anilines is 1. The first kappa shape index (κ1) is 12.8.